The molecule has 5 nitrogen and oxygen atoms in total. The molecule has 0 bridgehead atoms. The zero-order chi connectivity index (χ0) is 13.9. The maximum Gasteiger partial charge on any atom is 0.250 e. The third-order valence-electron chi connectivity index (χ3n) is 3.46. The van der Waals surface area contributed by atoms with E-state index in [0.717, 1.165) is 37.3 Å². The molecule has 1 saturated heterocycles. The minimum Gasteiger partial charge on any atom is -0.317 e. The predicted octanol–water partition coefficient (Wildman–Crippen LogP) is 1.29. The number of piperidine rings is 1. The smallest absolute Gasteiger partial charge is 0.250 e. The fraction of sp³-hybridized carbons (Fsp3) is 0.583. The molecule has 0 atom stereocenters. The van der Waals surface area contributed by atoms with Crippen molar-refractivity contribution in [2.75, 3.05) is 19.6 Å². The highest BCUT2D eigenvalue weighted by Gasteiger charge is 2.29. The van der Waals surface area contributed by atoms with Crippen LogP contribution in [0.1, 0.15) is 24.6 Å². The van der Waals surface area contributed by atoms with E-state index in [1.54, 1.807) is 0 Å². The zero-order valence-corrected chi connectivity index (χ0v) is 12.4. The topological polar surface area (TPSA) is 82.0 Å². The lowest BCUT2D eigenvalue weighted by atomic mass is 9.81. The van der Waals surface area contributed by atoms with E-state index >= 15 is 0 Å². The van der Waals surface area contributed by atoms with Gasteiger partial charge in [-0.05, 0) is 43.5 Å². The van der Waals surface area contributed by atoms with Gasteiger partial charge >= 0.3 is 0 Å². The number of rotatable bonds is 4. The Morgan fingerprint density at radius 3 is 2.74 bits per heavy atom. The number of nitriles is 1. The van der Waals surface area contributed by atoms with Crippen molar-refractivity contribution in [3.8, 4) is 6.07 Å². The van der Waals surface area contributed by atoms with Gasteiger partial charge in [0.1, 0.15) is 15.2 Å². The lowest BCUT2D eigenvalue weighted by Crippen LogP contribution is -2.42. The third kappa shape index (κ3) is 3.54. The SMILES string of the molecule is CC1(CNS(=O)(=O)c2ccc(C#N)s2)CCNCC1. The van der Waals surface area contributed by atoms with Crippen molar-refractivity contribution in [2.24, 2.45) is 5.41 Å². The Morgan fingerprint density at radius 2 is 2.16 bits per heavy atom. The highest BCUT2D eigenvalue weighted by atomic mass is 32.2. The van der Waals surface area contributed by atoms with Crippen LogP contribution in [0.4, 0.5) is 0 Å². The molecule has 1 fully saturated rings. The Hall–Kier alpha value is -0.940. The van der Waals surface area contributed by atoms with Gasteiger partial charge in [0.15, 0.2) is 0 Å². The molecule has 0 radical (unpaired) electrons. The molecule has 0 aromatic carbocycles. The Morgan fingerprint density at radius 1 is 1.47 bits per heavy atom. The van der Waals surface area contributed by atoms with Gasteiger partial charge in [-0.1, -0.05) is 6.92 Å². The Labute approximate surface area is 117 Å². The van der Waals surface area contributed by atoms with Gasteiger partial charge in [0.2, 0.25) is 10.0 Å². The van der Waals surface area contributed by atoms with Crippen molar-refractivity contribution >= 4 is 21.4 Å². The minimum atomic E-state index is -3.49. The lowest BCUT2D eigenvalue weighted by Gasteiger charge is -2.33. The molecule has 2 rings (SSSR count). The van der Waals surface area contributed by atoms with Gasteiger partial charge in [-0.25, -0.2) is 13.1 Å². The van der Waals surface area contributed by atoms with E-state index in [-0.39, 0.29) is 9.62 Å². The molecule has 2 heterocycles. The molecule has 7 heteroatoms. The van der Waals surface area contributed by atoms with E-state index in [9.17, 15) is 8.42 Å². The van der Waals surface area contributed by atoms with Gasteiger partial charge in [-0.3, -0.25) is 0 Å². The minimum absolute atomic E-state index is 0.00758. The van der Waals surface area contributed by atoms with Crippen molar-refractivity contribution in [1.29, 1.82) is 5.26 Å². The molecule has 0 unspecified atom stereocenters. The molecular weight excluding hydrogens is 282 g/mol. The van der Waals surface area contributed by atoms with Crippen molar-refractivity contribution in [3.63, 3.8) is 0 Å². The van der Waals surface area contributed by atoms with Crippen LogP contribution in [0.5, 0.6) is 0 Å². The molecule has 19 heavy (non-hydrogen) atoms. The van der Waals surface area contributed by atoms with Crippen LogP contribution >= 0.6 is 11.3 Å². The van der Waals surface area contributed by atoms with Gasteiger partial charge in [-0.2, -0.15) is 5.26 Å². The van der Waals surface area contributed by atoms with Crippen molar-refractivity contribution < 1.29 is 8.42 Å². The lowest BCUT2D eigenvalue weighted by molar-refractivity contribution is 0.232. The largest absolute Gasteiger partial charge is 0.317 e. The molecule has 104 valence electrons. The Balaban J connectivity index is 2.03. The summed E-state index contributed by atoms with van der Waals surface area (Å²) in [7, 11) is -3.49. The van der Waals surface area contributed by atoms with Crippen molar-refractivity contribution in [2.45, 2.75) is 24.0 Å². The fourth-order valence-electron chi connectivity index (χ4n) is 2.07. The second-order valence-corrected chi connectivity index (χ2v) is 8.19. The third-order valence-corrected chi connectivity index (χ3v) is 6.34. The Bertz CT molecular complexity index is 580. The van der Waals surface area contributed by atoms with E-state index in [2.05, 4.69) is 17.0 Å². The number of nitrogens with zero attached hydrogens (tertiary/aromatic N) is 1. The fourth-order valence-corrected chi connectivity index (χ4v) is 4.42. The monoisotopic (exact) mass is 299 g/mol. The van der Waals surface area contributed by atoms with Gasteiger partial charge in [0.05, 0.1) is 0 Å². The van der Waals surface area contributed by atoms with Crippen molar-refractivity contribution in [1.82, 2.24) is 10.0 Å². The summed E-state index contributed by atoms with van der Waals surface area (Å²) in [6.07, 6.45) is 1.92. The van der Waals surface area contributed by atoms with E-state index in [4.69, 9.17) is 5.26 Å². The van der Waals surface area contributed by atoms with Gasteiger partial charge < -0.3 is 5.32 Å². The second-order valence-electron chi connectivity index (χ2n) is 5.12. The standard InChI is InChI=1S/C12H17N3O2S2/c1-12(4-6-14-7-5-12)9-15-19(16,17)11-3-2-10(8-13)18-11/h2-3,14-15H,4-7,9H2,1H3. The summed E-state index contributed by atoms with van der Waals surface area (Å²) in [5, 5.41) is 12.0. The summed E-state index contributed by atoms with van der Waals surface area (Å²) in [5.74, 6) is 0. The Kier molecular flexibility index (Phi) is 4.26. The molecule has 1 aromatic rings. The number of hydrogen-bond donors (Lipinski definition) is 2. The van der Waals surface area contributed by atoms with Crippen LogP contribution in [-0.2, 0) is 10.0 Å². The van der Waals surface area contributed by atoms with Crippen LogP contribution in [-0.4, -0.2) is 28.1 Å². The molecular formula is C12H17N3O2S2. The first-order chi connectivity index (χ1) is 8.95. The summed E-state index contributed by atoms with van der Waals surface area (Å²) in [4.78, 5) is 0.411. The molecule has 0 aliphatic carbocycles. The summed E-state index contributed by atoms with van der Waals surface area (Å²) in [6, 6.07) is 4.97. The van der Waals surface area contributed by atoms with E-state index in [0.29, 0.717) is 11.4 Å². The van der Waals surface area contributed by atoms with Crippen LogP contribution in [0.25, 0.3) is 0 Å². The number of sulfonamides is 1. The maximum atomic E-state index is 12.1. The van der Waals surface area contributed by atoms with Crippen molar-refractivity contribution in [3.05, 3.63) is 17.0 Å². The van der Waals surface area contributed by atoms with E-state index in [1.807, 2.05) is 6.07 Å². The van der Waals surface area contributed by atoms with Crippen LogP contribution in [0.3, 0.4) is 0 Å². The number of thiophene rings is 1. The molecule has 0 saturated carbocycles. The molecule has 0 amide bonds. The first-order valence-electron chi connectivity index (χ1n) is 6.16. The van der Waals surface area contributed by atoms with Gasteiger partial charge in [-0.15, -0.1) is 11.3 Å². The highest BCUT2D eigenvalue weighted by molar-refractivity contribution is 7.91. The van der Waals surface area contributed by atoms with Crippen LogP contribution < -0.4 is 10.0 Å². The zero-order valence-electron chi connectivity index (χ0n) is 10.8. The van der Waals surface area contributed by atoms with Crippen LogP contribution in [0, 0.1) is 16.7 Å². The predicted molar refractivity (Wildman–Crippen MR) is 74.4 cm³/mol. The molecule has 1 aromatic heterocycles. The normalized spacial score (nSPS) is 18.9. The maximum absolute atomic E-state index is 12.1. The summed E-state index contributed by atoms with van der Waals surface area (Å²) in [5.41, 5.74) is 0.00758. The summed E-state index contributed by atoms with van der Waals surface area (Å²) >= 11 is 1.00. The van der Waals surface area contributed by atoms with Crippen LogP contribution in [0.2, 0.25) is 0 Å². The molecule has 1 aliphatic rings. The molecule has 1 aliphatic heterocycles. The second kappa shape index (κ2) is 5.59. The highest BCUT2D eigenvalue weighted by Crippen LogP contribution is 2.28. The quantitative estimate of drug-likeness (QED) is 0.877. The summed E-state index contributed by atoms with van der Waals surface area (Å²) in [6.45, 7) is 4.40. The van der Waals surface area contributed by atoms with Crippen LogP contribution in [0.15, 0.2) is 16.3 Å². The molecule has 2 N–H and O–H groups in total. The molecule has 0 spiro atoms. The first kappa shape index (κ1) is 14.5. The number of nitrogens with one attached hydrogen (secondary N) is 2. The first-order valence-corrected chi connectivity index (χ1v) is 8.46. The van der Waals surface area contributed by atoms with Gasteiger partial charge in [0.25, 0.3) is 0 Å². The summed E-state index contributed by atoms with van der Waals surface area (Å²) < 4.78 is 27.1. The van der Waals surface area contributed by atoms with E-state index < -0.39 is 10.0 Å². The van der Waals surface area contributed by atoms with Gasteiger partial charge in [0, 0.05) is 6.54 Å². The number of hydrogen-bond acceptors (Lipinski definition) is 5. The average molecular weight is 299 g/mol. The van der Waals surface area contributed by atoms with E-state index in [1.165, 1.54) is 12.1 Å². The average Bonchev–Trinajstić information content (AvgIpc) is 2.87.